The topological polar surface area (TPSA) is 67.9 Å². The first-order valence-electron chi connectivity index (χ1n) is 11.2. The van der Waals surface area contributed by atoms with Gasteiger partial charge >= 0.3 is 0 Å². The second kappa shape index (κ2) is 10.8. The number of methoxy groups -OCH3 is 2. The maximum atomic E-state index is 13.4. The summed E-state index contributed by atoms with van der Waals surface area (Å²) in [7, 11) is 3.10. The van der Waals surface area contributed by atoms with Crippen molar-refractivity contribution in [3.05, 3.63) is 94.3 Å². The van der Waals surface area contributed by atoms with Crippen molar-refractivity contribution in [3.63, 3.8) is 0 Å². The summed E-state index contributed by atoms with van der Waals surface area (Å²) in [5, 5.41) is 3.30. The Labute approximate surface area is 208 Å². The molecule has 3 aromatic rings. The monoisotopic (exact) mass is 496 g/mol. The fraction of sp³-hybridized carbons (Fsp3) is 0.259. The highest BCUT2D eigenvalue weighted by atomic mass is 35.5. The Balaban J connectivity index is 1.63. The van der Waals surface area contributed by atoms with Gasteiger partial charge in [0.2, 0.25) is 5.91 Å². The highest BCUT2D eigenvalue weighted by Gasteiger charge is 2.42. The lowest BCUT2D eigenvalue weighted by Crippen LogP contribution is -2.35. The Kier molecular flexibility index (Phi) is 7.56. The number of nitrogens with zero attached hydrogens (tertiary/aromatic N) is 1. The lowest BCUT2D eigenvalue weighted by atomic mass is 9.87. The van der Waals surface area contributed by atoms with E-state index in [1.165, 1.54) is 12.1 Å². The maximum Gasteiger partial charge on any atom is 0.255 e. The van der Waals surface area contributed by atoms with Crippen LogP contribution in [0.2, 0.25) is 5.02 Å². The van der Waals surface area contributed by atoms with Crippen LogP contribution >= 0.6 is 11.6 Å². The summed E-state index contributed by atoms with van der Waals surface area (Å²) in [5.41, 5.74) is 1.94. The van der Waals surface area contributed by atoms with Crippen molar-refractivity contribution < 1.29 is 23.5 Å². The summed E-state index contributed by atoms with van der Waals surface area (Å²) in [6.07, 6.45) is 0. The number of para-hydroxylation sites is 1. The van der Waals surface area contributed by atoms with Gasteiger partial charge in [-0.25, -0.2) is 4.39 Å². The van der Waals surface area contributed by atoms with Crippen LogP contribution in [-0.2, 0) is 11.3 Å². The Bertz CT molecular complexity index is 1220. The zero-order chi connectivity index (χ0) is 24.9. The molecule has 0 aliphatic carbocycles. The average Bonchev–Trinajstić information content (AvgIpc) is 3.33. The van der Waals surface area contributed by atoms with Crippen LogP contribution in [0.5, 0.6) is 11.5 Å². The molecule has 0 saturated carbocycles. The van der Waals surface area contributed by atoms with Gasteiger partial charge in [0.1, 0.15) is 5.82 Å². The van der Waals surface area contributed by atoms with Crippen molar-refractivity contribution in [3.8, 4) is 11.5 Å². The number of halogens is 2. The molecule has 0 spiro atoms. The summed E-state index contributed by atoms with van der Waals surface area (Å²) < 4.78 is 24.3. The molecule has 3 aromatic carbocycles. The van der Waals surface area contributed by atoms with Crippen LogP contribution in [0.15, 0.2) is 66.7 Å². The molecule has 1 aliphatic heterocycles. The number of carbonyl (C=O) groups excluding carboxylic acids is 2. The van der Waals surface area contributed by atoms with Gasteiger partial charge in [0.05, 0.1) is 30.7 Å². The molecule has 0 radical (unpaired) electrons. The Morgan fingerprint density at radius 1 is 1.00 bits per heavy atom. The molecule has 4 rings (SSSR count). The fourth-order valence-corrected chi connectivity index (χ4v) is 4.70. The summed E-state index contributed by atoms with van der Waals surface area (Å²) >= 11 is 6.28. The molecule has 0 unspecified atom stereocenters. The van der Waals surface area contributed by atoms with Crippen molar-refractivity contribution in [2.45, 2.75) is 12.5 Å². The zero-order valence-corrected chi connectivity index (χ0v) is 20.2. The third-order valence-electron chi connectivity index (χ3n) is 6.26. The number of ether oxygens (including phenoxy) is 2. The molecule has 2 atom stereocenters. The van der Waals surface area contributed by atoms with Crippen molar-refractivity contribution in [1.29, 1.82) is 0 Å². The number of likely N-dealkylation sites (tertiary alicyclic amines) is 1. The first kappa shape index (κ1) is 24.5. The van der Waals surface area contributed by atoms with E-state index in [1.807, 2.05) is 12.1 Å². The van der Waals surface area contributed by atoms with E-state index >= 15 is 0 Å². The average molecular weight is 497 g/mol. The van der Waals surface area contributed by atoms with Crippen molar-refractivity contribution in [2.75, 3.05) is 27.3 Å². The number of amides is 2. The predicted molar refractivity (Wildman–Crippen MR) is 131 cm³/mol. The van der Waals surface area contributed by atoms with E-state index in [-0.39, 0.29) is 36.6 Å². The molecule has 1 heterocycles. The molecule has 1 aliphatic rings. The van der Waals surface area contributed by atoms with E-state index in [1.54, 1.807) is 61.6 Å². The van der Waals surface area contributed by atoms with Crippen LogP contribution in [-0.4, -0.2) is 44.0 Å². The van der Waals surface area contributed by atoms with Gasteiger partial charge in [-0.3, -0.25) is 9.59 Å². The lowest BCUT2D eigenvalue weighted by Gasteiger charge is -2.21. The Morgan fingerprint density at radius 3 is 2.43 bits per heavy atom. The van der Waals surface area contributed by atoms with Gasteiger partial charge in [0.15, 0.2) is 11.5 Å². The van der Waals surface area contributed by atoms with E-state index in [2.05, 4.69) is 5.32 Å². The smallest absolute Gasteiger partial charge is 0.255 e. The number of hydrogen-bond acceptors (Lipinski definition) is 4. The van der Waals surface area contributed by atoms with Crippen molar-refractivity contribution in [1.82, 2.24) is 10.2 Å². The molecule has 0 aromatic heterocycles. The lowest BCUT2D eigenvalue weighted by molar-refractivity contribution is -0.125. The largest absolute Gasteiger partial charge is 0.493 e. The SMILES string of the molecule is COc1cccc([C@@H]2CN(C(=O)c3ccccc3Cl)C[C@@H]2C(=O)NCc2ccc(F)cc2)c1OC. The zero-order valence-electron chi connectivity index (χ0n) is 19.5. The fourth-order valence-electron chi connectivity index (χ4n) is 4.48. The summed E-state index contributed by atoms with van der Waals surface area (Å²) in [4.78, 5) is 28.3. The van der Waals surface area contributed by atoms with E-state index in [9.17, 15) is 14.0 Å². The number of hydrogen-bond donors (Lipinski definition) is 1. The summed E-state index contributed by atoms with van der Waals surface area (Å²) in [6, 6.07) is 18.3. The molecule has 2 amide bonds. The third kappa shape index (κ3) is 5.25. The van der Waals surface area contributed by atoms with Crippen LogP contribution in [0, 0.1) is 11.7 Å². The highest BCUT2D eigenvalue weighted by molar-refractivity contribution is 6.33. The first-order valence-corrected chi connectivity index (χ1v) is 11.6. The third-order valence-corrected chi connectivity index (χ3v) is 6.59. The molecule has 0 bridgehead atoms. The van der Waals surface area contributed by atoms with Gasteiger partial charge in [-0.1, -0.05) is 48.0 Å². The number of nitrogens with one attached hydrogen (secondary N) is 1. The van der Waals surface area contributed by atoms with Gasteiger partial charge in [0.25, 0.3) is 5.91 Å². The van der Waals surface area contributed by atoms with Crippen LogP contribution in [0.25, 0.3) is 0 Å². The minimum Gasteiger partial charge on any atom is -0.493 e. The molecule has 1 fully saturated rings. The van der Waals surface area contributed by atoms with Gasteiger partial charge in [-0.05, 0) is 35.9 Å². The minimum absolute atomic E-state index is 0.210. The standard InChI is InChI=1S/C27H26ClFN2O4/c1-34-24-9-5-7-19(25(24)35-2)21-15-31(27(33)20-6-3-4-8-23(20)28)16-22(21)26(32)30-14-17-10-12-18(29)13-11-17/h3-13,21-22H,14-16H2,1-2H3,(H,30,32)/t21-,22-/m0/s1. The molecule has 35 heavy (non-hydrogen) atoms. The van der Waals surface area contributed by atoms with E-state index in [0.29, 0.717) is 28.6 Å². The van der Waals surface area contributed by atoms with E-state index in [4.69, 9.17) is 21.1 Å². The predicted octanol–water partition coefficient (Wildman–Crippen LogP) is 4.67. The quantitative estimate of drug-likeness (QED) is 0.516. The normalized spacial score (nSPS) is 17.2. The van der Waals surface area contributed by atoms with Gasteiger partial charge in [-0.2, -0.15) is 0 Å². The summed E-state index contributed by atoms with van der Waals surface area (Å²) in [5.74, 6) is -0.581. The maximum absolute atomic E-state index is 13.4. The van der Waals surface area contributed by atoms with E-state index in [0.717, 1.165) is 11.1 Å². The molecular formula is C27H26ClFN2O4. The van der Waals surface area contributed by atoms with Crippen LogP contribution < -0.4 is 14.8 Å². The van der Waals surface area contributed by atoms with Crippen molar-refractivity contribution >= 4 is 23.4 Å². The molecule has 1 N–H and O–H groups in total. The highest BCUT2D eigenvalue weighted by Crippen LogP contribution is 2.42. The molecular weight excluding hydrogens is 471 g/mol. The first-order chi connectivity index (χ1) is 16.9. The van der Waals surface area contributed by atoms with E-state index < -0.39 is 5.92 Å². The van der Waals surface area contributed by atoms with Crippen molar-refractivity contribution in [2.24, 2.45) is 5.92 Å². The van der Waals surface area contributed by atoms with Gasteiger partial charge in [-0.15, -0.1) is 0 Å². The number of rotatable bonds is 7. The molecule has 1 saturated heterocycles. The Morgan fingerprint density at radius 2 is 1.74 bits per heavy atom. The van der Waals surface area contributed by atoms with Gasteiger partial charge in [0, 0.05) is 31.1 Å². The van der Waals surface area contributed by atoms with Gasteiger partial charge < -0.3 is 19.7 Å². The second-order valence-electron chi connectivity index (χ2n) is 8.33. The second-order valence-corrected chi connectivity index (χ2v) is 8.74. The molecule has 6 nitrogen and oxygen atoms in total. The minimum atomic E-state index is -0.539. The number of carbonyl (C=O) groups is 2. The summed E-state index contributed by atoms with van der Waals surface area (Å²) in [6.45, 7) is 0.766. The number of benzene rings is 3. The van der Waals surface area contributed by atoms with Crippen LogP contribution in [0.3, 0.4) is 0 Å². The van der Waals surface area contributed by atoms with Crippen LogP contribution in [0.1, 0.15) is 27.4 Å². The Hall–Kier alpha value is -3.58. The molecule has 8 heteroatoms. The van der Waals surface area contributed by atoms with Crippen LogP contribution in [0.4, 0.5) is 4.39 Å². The molecule has 182 valence electrons.